The maximum atomic E-state index is 12.8. The minimum atomic E-state index is -3.47. The van der Waals surface area contributed by atoms with Crippen LogP contribution in [0.2, 0.25) is 0 Å². The summed E-state index contributed by atoms with van der Waals surface area (Å²) in [7, 11) is -3.47. The van der Waals surface area contributed by atoms with Crippen LogP contribution >= 0.6 is 12.2 Å². The topological polar surface area (TPSA) is 61.9 Å². The Morgan fingerprint density at radius 2 is 1.79 bits per heavy atom. The third kappa shape index (κ3) is 4.31. The van der Waals surface area contributed by atoms with Crippen LogP contribution in [0.25, 0.3) is 0 Å². The Hall–Kier alpha value is -1.22. The highest BCUT2D eigenvalue weighted by Crippen LogP contribution is 2.52. The molecule has 0 spiro atoms. The minimum absolute atomic E-state index is 0.308. The Morgan fingerprint density at radius 3 is 2.45 bits per heavy atom. The zero-order valence-electron chi connectivity index (χ0n) is 17.5. The van der Waals surface area contributed by atoms with Crippen LogP contribution in [0.1, 0.15) is 40.0 Å². The van der Waals surface area contributed by atoms with Crippen LogP contribution in [-0.4, -0.2) is 61.6 Å². The van der Waals surface area contributed by atoms with E-state index in [0.717, 1.165) is 23.8 Å². The van der Waals surface area contributed by atoms with Crippen molar-refractivity contribution >= 4 is 33.0 Å². The number of hydrogen-bond donors (Lipinski definition) is 1. The van der Waals surface area contributed by atoms with Gasteiger partial charge in [0.05, 0.1) is 18.1 Å². The van der Waals surface area contributed by atoms with Gasteiger partial charge in [-0.05, 0) is 66.6 Å². The third-order valence-electron chi connectivity index (χ3n) is 6.39. The number of anilines is 1. The van der Waals surface area contributed by atoms with E-state index in [1.165, 1.54) is 17.1 Å². The number of morpholine rings is 1. The average molecular weight is 438 g/mol. The molecular formula is C21H31N3O3S2. The first kappa shape index (κ1) is 21.0. The summed E-state index contributed by atoms with van der Waals surface area (Å²) in [4.78, 5) is 2.64. The van der Waals surface area contributed by atoms with Crippen molar-refractivity contribution in [1.82, 2.24) is 9.21 Å². The van der Waals surface area contributed by atoms with Crippen LogP contribution in [0.5, 0.6) is 0 Å². The van der Waals surface area contributed by atoms with Crippen molar-refractivity contribution in [3.63, 3.8) is 0 Å². The molecule has 2 bridgehead atoms. The van der Waals surface area contributed by atoms with E-state index in [2.05, 4.69) is 31.0 Å². The molecule has 0 amide bonds. The Morgan fingerprint density at radius 1 is 1.14 bits per heavy atom. The number of ether oxygens (including phenoxy) is 1. The number of benzene rings is 1. The lowest BCUT2D eigenvalue weighted by Crippen LogP contribution is -2.40. The van der Waals surface area contributed by atoms with Crippen LogP contribution < -0.4 is 5.32 Å². The van der Waals surface area contributed by atoms with E-state index in [0.29, 0.717) is 48.1 Å². The summed E-state index contributed by atoms with van der Waals surface area (Å²) in [6.07, 6.45) is 3.57. The predicted octanol–water partition coefficient (Wildman–Crippen LogP) is 3.30. The summed E-state index contributed by atoms with van der Waals surface area (Å²) in [6.45, 7) is 9.75. The zero-order chi connectivity index (χ0) is 20.9. The van der Waals surface area contributed by atoms with Crippen molar-refractivity contribution in [2.75, 3.05) is 38.2 Å². The molecule has 2 unspecified atom stereocenters. The van der Waals surface area contributed by atoms with Crippen molar-refractivity contribution < 1.29 is 13.2 Å². The molecule has 3 fully saturated rings. The van der Waals surface area contributed by atoms with Gasteiger partial charge in [0.25, 0.3) is 0 Å². The molecule has 2 atom stereocenters. The fourth-order valence-corrected chi connectivity index (χ4v) is 7.28. The monoisotopic (exact) mass is 437 g/mol. The number of nitrogens with one attached hydrogen (secondary N) is 1. The van der Waals surface area contributed by atoms with Crippen LogP contribution in [0, 0.1) is 10.8 Å². The standard InChI is InChI=1S/C21H31N3O3S2/c1-20(2)12-17-13-21(3,14-20)15-24(17)19(28)22-16-4-6-18(7-5-16)29(25,26)23-8-10-27-11-9-23/h4-7,17H,8-15H2,1-3H3,(H,22,28). The van der Waals surface area contributed by atoms with Gasteiger partial charge in [-0.15, -0.1) is 0 Å². The Balaban J connectivity index is 1.43. The molecule has 160 valence electrons. The summed E-state index contributed by atoms with van der Waals surface area (Å²) < 4.78 is 32.3. The smallest absolute Gasteiger partial charge is 0.243 e. The summed E-state index contributed by atoms with van der Waals surface area (Å²) in [6, 6.07) is 7.39. The molecule has 1 aliphatic carbocycles. The van der Waals surface area contributed by atoms with Gasteiger partial charge in [0.2, 0.25) is 10.0 Å². The van der Waals surface area contributed by atoms with E-state index in [9.17, 15) is 8.42 Å². The van der Waals surface area contributed by atoms with Gasteiger partial charge in [-0.2, -0.15) is 4.31 Å². The Kier molecular flexibility index (Phi) is 5.42. The number of rotatable bonds is 3. The molecule has 0 aromatic heterocycles. The third-order valence-corrected chi connectivity index (χ3v) is 8.64. The van der Waals surface area contributed by atoms with Crippen molar-refractivity contribution in [2.45, 2.75) is 51.0 Å². The van der Waals surface area contributed by atoms with Gasteiger partial charge in [0.1, 0.15) is 0 Å². The molecule has 1 aromatic carbocycles. The average Bonchev–Trinajstić information content (AvgIpc) is 2.92. The van der Waals surface area contributed by atoms with Crippen molar-refractivity contribution in [3.8, 4) is 0 Å². The van der Waals surface area contributed by atoms with E-state index in [1.807, 2.05) is 0 Å². The number of nitrogens with zero attached hydrogens (tertiary/aromatic N) is 2. The molecule has 29 heavy (non-hydrogen) atoms. The summed E-state index contributed by atoms with van der Waals surface area (Å²) in [5.41, 5.74) is 1.48. The van der Waals surface area contributed by atoms with Gasteiger partial charge in [-0.1, -0.05) is 20.8 Å². The molecule has 2 heterocycles. The van der Waals surface area contributed by atoms with Crippen LogP contribution in [0.15, 0.2) is 29.2 Å². The largest absolute Gasteiger partial charge is 0.379 e. The first-order chi connectivity index (χ1) is 13.6. The molecule has 0 radical (unpaired) electrons. The summed E-state index contributed by atoms with van der Waals surface area (Å²) in [5, 5.41) is 4.06. The number of thiocarbonyl (C=S) groups is 1. The lowest BCUT2D eigenvalue weighted by Gasteiger charge is -2.39. The maximum Gasteiger partial charge on any atom is 0.243 e. The molecule has 1 aromatic rings. The number of likely N-dealkylation sites (tertiary alicyclic amines) is 1. The molecule has 6 nitrogen and oxygen atoms in total. The highest BCUT2D eigenvalue weighted by atomic mass is 32.2. The highest BCUT2D eigenvalue weighted by Gasteiger charge is 2.50. The minimum Gasteiger partial charge on any atom is -0.379 e. The quantitative estimate of drug-likeness (QED) is 0.732. The molecule has 1 N–H and O–H groups in total. The SMILES string of the molecule is CC1(C)CC2CC(C)(CN2C(=S)Nc2ccc(S(=O)(=O)N3CCOCC3)cc2)C1. The second-order valence-corrected chi connectivity index (χ2v) is 12.1. The van der Waals surface area contributed by atoms with Crippen molar-refractivity contribution in [3.05, 3.63) is 24.3 Å². The highest BCUT2D eigenvalue weighted by molar-refractivity contribution is 7.89. The number of sulfonamides is 1. The first-order valence-electron chi connectivity index (χ1n) is 10.3. The van der Waals surface area contributed by atoms with Crippen molar-refractivity contribution in [2.24, 2.45) is 10.8 Å². The van der Waals surface area contributed by atoms with Crippen LogP contribution in [0.4, 0.5) is 5.69 Å². The van der Waals surface area contributed by atoms with E-state index in [4.69, 9.17) is 17.0 Å². The molecule has 3 aliphatic rings. The predicted molar refractivity (Wildman–Crippen MR) is 118 cm³/mol. The normalized spacial score (nSPS) is 29.6. The molecule has 1 saturated carbocycles. The zero-order valence-corrected chi connectivity index (χ0v) is 19.1. The molecule has 4 rings (SSSR count). The van der Waals surface area contributed by atoms with Gasteiger partial charge in [-0.25, -0.2) is 8.42 Å². The van der Waals surface area contributed by atoms with E-state index in [-0.39, 0.29) is 0 Å². The maximum absolute atomic E-state index is 12.8. The molecular weight excluding hydrogens is 406 g/mol. The second-order valence-electron chi connectivity index (χ2n) is 9.81. The van der Waals surface area contributed by atoms with Gasteiger partial charge >= 0.3 is 0 Å². The molecule has 8 heteroatoms. The van der Waals surface area contributed by atoms with E-state index < -0.39 is 10.0 Å². The lowest BCUT2D eigenvalue weighted by molar-refractivity contribution is 0.0730. The molecule has 2 aliphatic heterocycles. The van der Waals surface area contributed by atoms with Gasteiger partial charge in [0, 0.05) is 31.4 Å². The summed E-state index contributed by atoms with van der Waals surface area (Å²) in [5.74, 6) is 0. The van der Waals surface area contributed by atoms with Gasteiger partial charge < -0.3 is 15.0 Å². The second kappa shape index (κ2) is 7.48. The van der Waals surface area contributed by atoms with Crippen LogP contribution in [-0.2, 0) is 14.8 Å². The van der Waals surface area contributed by atoms with E-state index in [1.54, 1.807) is 24.3 Å². The Bertz CT molecular complexity index is 879. The Labute approximate surface area is 179 Å². The summed E-state index contributed by atoms with van der Waals surface area (Å²) >= 11 is 5.73. The number of fused-ring (bicyclic) bond motifs is 2. The first-order valence-corrected chi connectivity index (χ1v) is 12.2. The fourth-order valence-electron chi connectivity index (χ4n) is 5.54. The van der Waals surface area contributed by atoms with Gasteiger partial charge in [-0.3, -0.25) is 0 Å². The van der Waals surface area contributed by atoms with Crippen molar-refractivity contribution in [1.29, 1.82) is 0 Å². The molecule has 2 saturated heterocycles. The lowest BCUT2D eigenvalue weighted by atomic mass is 9.65. The van der Waals surface area contributed by atoms with Crippen LogP contribution in [0.3, 0.4) is 0 Å². The fraction of sp³-hybridized carbons (Fsp3) is 0.667. The van der Waals surface area contributed by atoms with Gasteiger partial charge in [0.15, 0.2) is 5.11 Å². The number of hydrogen-bond acceptors (Lipinski definition) is 4. The van der Waals surface area contributed by atoms with E-state index >= 15 is 0 Å².